The normalized spacial score (nSPS) is 21.5. The fourth-order valence-corrected chi connectivity index (χ4v) is 3.21. The Hall–Kier alpha value is -0.540. The van der Waals surface area contributed by atoms with E-state index in [1.807, 2.05) is 0 Å². The Labute approximate surface area is 125 Å². The highest BCUT2D eigenvalue weighted by molar-refractivity contribution is 9.10. The molecule has 19 heavy (non-hydrogen) atoms. The highest BCUT2D eigenvalue weighted by Gasteiger charge is 2.21. The quantitative estimate of drug-likeness (QED) is 0.903. The van der Waals surface area contributed by atoms with Gasteiger partial charge in [-0.25, -0.2) is 0 Å². The van der Waals surface area contributed by atoms with Gasteiger partial charge in [0, 0.05) is 28.8 Å². The van der Waals surface area contributed by atoms with Crippen molar-refractivity contribution in [2.24, 2.45) is 5.73 Å². The van der Waals surface area contributed by atoms with E-state index in [2.05, 4.69) is 52.9 Å². The third-order valence-electron chi connectivity index (χ3n) is 4.17. The SMILES string of the molecule is CCC(N)Cc1ccc(Br)cc1N1CCCCC1C. The zero-order valence-electron chi connectivity index (χ0n) is 12.0. The largest absolute Gasteiger partial charge is 0.369 e. The predicted octanol–water partition coefficient (Wildman–Crippen LogP) is 4.11. The van der Waals surface area contributed by atoms with E-state index in [4.69, 9.17) is 5.73 Å². The standard InChI is InChI=1S/C16H25BrN2/c1-3-15(18)10-13-7-8-14(17)11-16(13)19-9-5-4-6-12(19)2/h7-8,11-12,15H,3-6,9-10,18H2,1-2H3. The summed E-state index contributed by atoms with van der Waals surface area (Å²) in [6, 6.07) is 7.53. The molecule has 1 aliphatic heterocycles. The monoisotopic (exact) mass is 324 g/mol. The molecule has 1 aliphatic rings. The van der Waals surface area contributed by atoms with Gasteiger partial charge in [-0.1, -0.05) is 28.9 Å². The Balaban J connectivity index is 2.28. The lowest BCUT2D eigenvalue weighted by Crippen LogP contribution is -2.38. The average Bonchev–Trinajstić information content (AvgIpc) is 2.41. The third kappa shape index (κ3) is 3.73. The van der Waals surface area contributed by atoms with Crippen LogP contribution >= 0.6 is 15.9 Å². The van der Waals surface area contributed by atoms with Crippen LogP contribution in [-0.2, 0) is 6.42 Å². The summed E-state index contributed by atoms with van der Waals surface area (Å²) in [5.41, 5.74) is 8.92. The topological polar surface area (TPSA) is 29.3 Å². The molecule has 2 atom stereocenters. The van der Waals surface area contributed by atoms with Crippen LogP contribution < -0.4 is 10.6 Å². The van der Waals surface area contributed by atoms with Gasteiger partial charge in [0.1, 0.15) is 0 Å². The van der Waals surface area contributed by atoms with E-state index in [0.717, 1.165) is 17.3 Å². The molecule has 1 saturated heterocycles. The van der Waals surface area contributed by atoms with E-state index in [1.165, 1.54) is 37.1 Å². The number of nitrogens with zero attached hydrogens (tertiary/aromatic N) is 1. The van der Waals surface area contributed by atoms with E-state index in [1.54, 1.807) is 0 Å². The molecule has 2 rings (SSSR count). The molecule has 1 heterocycles. The number of hydrogen-bond acceptors (Lipinski definition) is 2. The van der Waals surface area contributed by atoms with Gasteiger partial charge in [0.05, 0.1) is 0 Å². The Kier molecular flexibility index (Phi) is 5.28. The van der Waals surface area contributed by atoms with E-state index < -0.39 is 0 Å². The zero-order chi connectivity index (χ0) is 13.8. The van der Waals surface area contributed by atoms with Crippen molar-refractivity contribution in [2.75, 3.05) is 11.4 Å². The van der Waals surface area contributed by atoms with E-state index in [9.17, 15) is 0 Å². The van der Waals surface area contributed by atoms with Crippen LogP contribution in [0.5, 0.6) is 0 Å². The van der Waals surface area contributed by atoms with E-state index in [0.29, 0.717) is 6.04 Å². The minimum absolute atomic E-state index is 0.264. The number of benzene rings is 1. The molecule has 0 radical (unpaired) electrons. The van der Waals surface area contributed by atoms with Gasteiger partial charge in [-0.15, -0.1) is 0 Å². The van der Waals surface area contributed by atoms with Crippen molar-refractivity contribution in [3.8, 4) is 0 Å². The lowest BCUT2D eigenvalue weighted by atomic mass is 9.98. The maximum atomic E-state index is 6.15. The molecule has 0 aliphatic carbocycles. The first-order valence-corrected chi connectivity index (χ1v) is 8.21. The lowest BCUT2D eigenvalue weighted by molar-refractivity contribution is 0.483. The summed E-state index contributed by atoms with van der Waals surface area (Å²) in [5, 5.41) is 0. The van der Waals surface area contributed by atoms with Crippen LogP contribution in [0.1, 0.15) is 45.1 Å². The molecule has 3 heteroatoms. The molecule has 0 amide bonds. The Bertz CT molecular complexity index is 419. The Morgan fingerprint density at radius 1 is 1.42 bits per heavy atom. The highest BCUT2D eigenvalue weighted by atomic mass is 79.9. The smallest absolute Gasteiger partial charge is 0.0413 e. The lowest BCUT2D eigenvalue weighted by Gasteiger charge is -2.37. The first kappa shape index (κ1) is 14.9. The summed E-state index contributed by atoms with van der Waals surface area (Å²) < 4.78 is 1.16. The molecule has 2 nitrogen and oxygen atoms in total. The van der Waals surface area contributed by atoms with Crippen LogP contribution in [0.15, 0.2) is 22.7 Å². The van der Waals surface area contributed by atoms with Gasteiger partial charge in [0.15, 0.2) is 0 Å². The van der Waals surface area contributed by atoms with Crippen LogP contribution in [-0.4, -0.2) is 18.6 Å². The summed E-state index contributed by atoms with van der Waals surface area (Å²) in [6.07, 6.45) is 5.96. The molecule has 2 unspecified atom stereocenters. The predicted molar refractivity (Wildman–Crippen MR) is 86.8 cm³/mol. The molecule has 0 saturated carbocycles. The fourth-order valence-electron chi connectivity index (χ4n) is 2.86. The van der Waals surface area contributed by atoms with Crippen molar-refractivity contribution in [1.29, 1.82) is 0 Å². The number of hydrogen-bond donors (Lipinski definition) is 1. The third-order valence-corrected chi connectivity index (χ3v) is 4.66. The van der Waals surface area contributed by atoms with Gasteiger partial charge in [0.2, 0.25) is 0 Å². The first-order valence-electron chi connectivity index (χ1n) is 7.42. The zero-order valence-corrected chi connectivity index (χ0v) is 13.6. The van der Waals surface area contributed by atoms with Crippen molar-refractivity contribution in [1.82, 2.24) is 0 Å². The molecular formula is C16H25BrN2. The highest BCUT2D eigenvalue weighted by Crippen LogP contribution is 2.31. The summed E-state index contributed by atoms with van der Waals surface area (Å²) >= 11 is 3.61. The second-order valence-corrected chi connectivity index (χ2v) is 6.60. The number of halogens is 1. The van der Waals surface area contributed by atoms with Crippen molar-refractivity contribution in [3.63, 3.8) is 0 Å². The summed E-state index contributed by atoms with van der Waals surface area (Å²) in [5.74, 6) is 0. The molecule has 2 N–H and O–H groups in total. The number of nitrogens with two attached hydrogens (primary N) is 1. The molecule has 1 fully saturated rings. The summed E-state index contributed by atoms with van der Waals surface area (Å²) in [6.45, 7) is 5.67. The molecule has 106 valence electrons. The van der Waals surface area contributed by atoms with Crippen molar-refractivity contribution < 1.29 is 0 Å². The second kappa shape index (κ2) is 6.76. The Morgan fingerprint density at radius 2 is 2.21 bits per heavy atom. The first-order chi connectivity index (χ1) is 9.11. The maximum absolute atomic E-state index is 6.15. The van der Waals surface area contributed by atoms with Gasteiger partial charge < -0.3 is 10.6 Å². The van der Waals surface area contributed by atoms with E-state index >= 15 is 0 Å². The molecule has 0 bridgehead atoms. The average molecular weight is 325 g/mol. The number of anilines is 1. The van der Waals surface area contributed by atoms with Crippen LogP contribution in [0.4, 0.5) is 5.69 Å². The van der Waals surface area contributed by atoms with E-state index in [-0.39, 0.29) is 6.04 Å². The van der Waals surface area contributed by atoms with Gasteiger partial charge in [0.25, 0.3) is 0 Å². The van der Waals surface area contributed by atoms with Gasteiger partial charge >= 0.3 is 0 Å². The minimum Gasteiger partial charge on any atom is -0.369 e. The minimum atomic E-state index is 0.264. The van der Waals surface area contributed by atoms with Gasteiger partial charge in [-0.2, -0.15) is 0 Å². The second-order valence-electron chi connectivity index (χ2n) is 5.68. The van der Waals surface area contributed by atoms with Gasteiger partial charge in [-0.3, -0.25) is 0 Å². The van der Waals surface area contributed by atoms with Crippen molar-refractivity contribution >= 4 is 21.6 Å². The number of piperidine rings is 1. The summed E-state index contributed by atoms with van der Waals surface area (Å²) in [7, 11) is 0. The molecule has 0 spiro atoms. The van der Waals surface area contributed by atoms with Crippen LogP contribution in [0.2, 0.25) is 0 Å². The van der Waals surface area contributed by atoms with Crippen molar-refractivity contribution in [3.05, 3.63) is 28.2 Å². The van der Waals surface area contributed by atoms with Crippen LogP contribution in [0.3, 0.4) is 0 Å². The number of rotatable bonds is 4. The van der Waals surface area contributed by atoms with Crippen LogP contribution in [0.25, 0.3) is 0 Å². The molecular weight excluding hydrogens is 300 g/mol. The van der Waals surface area contributed by atoms with Crippen molar-refractivity contribution in [2.45, 2.75) is 58.0 Å². The maximum Gasteiger partial charge on any atom is 0.0413 e. The fraction of sp³-hybridized carbons (Fsp3) is 0.625. The summed E-state index contributed by atoms with van der Waals surface area (Å²) in [4.78, 5) is 2.56. The van der Waals surface area contributed by atoms with Crippen LogP contribution in [0, 0.1) is 0 Å². The Morgan fingerprint density at radius 3 is 2.89 bits per heavy atom. The molecule has 1 aromatic carbocycles. The molecule has 0 aromatic heterocycles. The van der Waals surface area contributed by atoms with Gasteiger partial charge in [-0.05, 0) is 56.7 Å². The molecule has 1 aromatic rings.